The number of halogens is 3. The largest absolute Gasteiger partial charge is 0.519 e. The highest BCUT2D eigenvalue weighted by Crippen LogP contribution is 2.46. The van der Waals surface area contributed by atoms with Crippen LogP contribution in [0.4, 0.5) is 19.0 Å². The molecule has 8 heterocycles. The molecule has 0 N–H and O–H groups in total. The molecule has 2 aromatic carbocycles. The van der Waals surface area contributed by atoms with Gasteiger partial charge >= 0.3 is 17.8 Å². The van der Waals surface area contributed by atoms with Gasteiger partial charge in [-0.3, -0.25) is 14.6 Å². The summed E-state index contributed by atoms with van der Waals surface area (Å²) in [6.07, 6.45) is 10.6. The number of benzene rings is 2. The molecule has 2 bridgehead atoms. The van der Waals surface area contributed by atoms with E-state index in [0.717, 1.165) is 38.6 Å². The fraction of sp³-hybridized carbons (Fsp3) is 0.489. The summed E-state index contributed by atoms with van der Waals surface area (Å²) in [4.78, 5) is 46.4. The van der Waals surface area contributed by atoms with Gasteiger partial charge in [-0.25, -0.2) is 22.9 Å². The van der Waals surface area contributed by atoms with Crippen molar-refractivity contribution in [1.82, 2.24) is 24.8 Å². The van der Waals surface area contributed by atoms with E-state index in [0.29, 0.717) is 72.7 Å². The summed E-state index contributed by atoms with van der Waals surface area (Å²) in [6.45, 7) is 7.37. The number of terminal acetylenes is 1. The molecule has 4 fully saturated rings. The van der Waals surface area contributed by atoms with E-state index in [-0.39, 0.29) is 64.2 Å². The summed E-state index contributed by atoms with van der Waals surface area (Å²) in [5.41, 5.74) is -0.0268. The maximum Gasteiger partial charge on any atom is 0.519 e. The lowest BCUT2D eigenvalue weighted by molar-refractivity contribution is -0.137. The predicted octanol–water partition coefficient (Wildman–Crippen LogP) is 7.03. The highest BCUT2D eigenvalue weighted by Gasteiger charge is 2.50. The van der Waals surface area contributed by atoms with Gasteiger partial charge < -0.3 is 23.2 Å². The summed E-state index contributed by atoms with van der Waals surface area (Å²) >= 11 is 0. The average molecular weight is 823 g/mol. The standard InChI is InChI=1S/C45H45F3N6O6/c1-5-29-31(47)12-10-25-16-28(59-42(55)23(2)3)17-30(36(25)29)39-38(48)40-37-32(49-39)8-6-9-33-34-13-11-27(53(34)21-35-24(4)58-44(56)60-35)20-54(33)41(37)51-43(50-40)57-22-45-14-7-15-52(45)19-26(46)18-45/h1,10,12,16-17,23,26-27,33-34H,6-9,11,13-15,18-22H2,2-4H3/t26-,27-,33-,34+,45+/m1/s1. The molecular formula is C45H45F3N6O6. The monoisotopic (exact) mass is 822 g/mol. The van der Waals surface area contributed by atoms with Gasteiger partial charge in [0.15, 0.2) is 11.6 Å². The molecule has 3 aromatic heterocycles. The van der Waals surface area contributed by atoms with Crippen LogP contribution >= 0.6 is 0 Å². The number of hydrogen-bond donors (Lipinski definition) is 0. The number of rotatable bonds is 8. The number of aromatic nitrogens is 3. The van der Waals surface area contributed by atoms with Crippen molar-refractivity contribution >= 4 is 33.5 Å². The van der Waals surface area contributed by atoms with E-state index in [9.17, 15) is 14.0 Å². The minimum absolute atomic E-state index is 0.0202. The van der Waals surface area contributed by atoms with Gasteiger partial charge in [0.2, 0.25) is 0 Å². The number of esters is 1. The fourth-order valence-electron chi connectivity index (χ4n) is 10.7. The van der Waals surface area contributed by atoms with Crippen molar-refractivity contribution in [2.24, 2.45) is 5.92 Å². The van der Waals surface area contributed by atoms with Crippen molar-refractivity contribution in [2.45, 2.75) is 109 Å². The molecule has 5 atom stereocenters. The number of pyridine rings is 1. The zero-order chi connectivity index (χ0) is 41.6. The molecule has 5 aromatic rings. The van der Waals surface area contributed by atoms with Crippen LogP contribution in [0.5, 0.6) is 11.8 Å². The van der Waals surface area contributed by atoms with Crippen LogP contribution in [0.3, 0.4) is 0 Å². The van der Waals surface area contributed by atoms with Gasteiger partial charge in [0.1, 0.15) is 47.1 Å². The SMILES string of the molecule is C#Cc1c(F)ccc2cc(OC(=O)C(C)C)cc(-c3nc4c5c(nc(OC[C@@]67CCCN6C[C@H](F)C7)nc5c3F)N3C[C@H]5CC[C@@H]([C@H]3CCC4)N5Cc3oc(=O)oc3C)c12. The van der Waals surface area contributed by atoms with Crippen molar-refractivity contribution in [3.63, 3.8) is 0 Å². The molecule has 12 nitrogen and oxygen atoms in total. The Labute approximate surface area is 344 Å². The van der Waals surface area contributed by atoms with Crippen molar-refractivity contribution in [1.29, 1.82) is 0 Å². The molecule has 4 saturated heterocycles. The molecule has 10 rings (SSSR count). The number of piperazine rings is 1. The van der Waals surface area contributed by atoms with Crippen molar-refractivity contribution in [3.05, 3.63) is 69.3 Å². The van der Waals surface area contributed by atoms with Crippen LogP contribution in [0.2, 0.25) is 0 Å². The first-order valence-corrected chi connectivity index (χ1v) is 20.9. The number of ether oxygens (including phenoxy) is 2. The Kier molecular flexibility index (Phi) is 9.44. The molecule has 0 aliphatic carbocycles. The maximum atomic E-state index is 17.8. The third-order valence-corrected chi connectivity index (χ3v) is 13.5. The number of aryl methyl sites for hydroxylation is 2. The van der Waals surface area contributed by atoms with Crippen molar-refractivity contribution in [2.75, 3.05) is 31.1 Å². The van der Waals surface area contributed by atoms with E-state index in [2.05, 4.69) is 20.6 Å². The molecule has 312 valence electrons. The van der Waals surface area contributed by atoms with Crippen LogP contribution in [0.15, 0.2) is 37.9 Å². The van der Waals surface area contributed by atoms with E-state index in [1.165, 1.54) is 18.2 Å². The van der Waals surface area contributed by atoms with Gasteiger partial charge in [-0.05, 0) is 82.0 Å². The van der Waals surface area contributed by atoms with Crippen LogP contribution in [0.25, 0.3) is 32.9 Å². The zero-order valence-corrected chi connectivity index (χ0v) is 33.7. The number of fused-ring (bicyclic) bond motifs is 7. The van der Waals surface area contributed by atoms with E-state index in [1.807, 2.05) is 0 Å². The summed E-state index contributed by atoms with van der Waals surface area (Å²) in [6, 6.07) is 5.87. The van der Waals surface area contributed by atoms with Gasteiger partial charge in [-0.1, -0.05) is 25.8 Å². The number of nitrogens with zero attached hydrogens (tertiary/aromatic N) is 6. The average Bonchev–Trinajstić information content (AvgIpc) is 3.93. The number of carbonyl (C=O) groups excluding carboxylic acids is 1. The molecule has 60 heavy (non-hydrogen) atoms. The number of anilines is 1. The topological polar surface area (TPSA) is 127 Å². The second kappa shape index (κ2) is 14.6. The summed E-state index contributed by atoms with van der Waals surface area (Å²) in [5.74, 6) is 0.915. The maximum absolute atomic E-state index is 17.8. The Morgan fingerprint density at radius 1 is 1.07 bits per heavy atom. The minimum Gasteiger partial charge on any atom is -0.461 e. The lowest BCUT2D eigenvalue weighted by Gasteiger charge is -2.48. The number of hydrogen-bond acceptors (Lipinski definition) is 12. The minimum atomic E-state index is -0.969. The molecule has 5 aliphatic heterocycles. The Balaban J connectivity index is 1.14. The highest BCUT2D eigenvalue weighted by atomic mass is 19.1. The zero-order valence-electron chi connectivity index (χ0n) is 33.7. The second-order valence-electron chi connectivity index (χ2n) is 17.4. The third-order valence-electron chi connectivity index (χ3n) is 13.5. The van der Waals surface area contributed by atoms with Crippen molar-refractivity contribution in [3.8, 4) is 35.4 Å². The van der Waals surface area contributed by atoms with Crippen LogP contribution < -0.4 is 20.2 Å². The van der Waals surface area contributed by atoms with Crippen LogP contribution in [-0.4, -0.2) is 86.8 Å². The number of carbonyl (C=O) groups is 1. The second-order valence-corrected chi connectivity index (χ2v) is 17.4. The van der Waals surface area contributed by atoms with Crippen LogP contribution in [-0.2, 0) is 17.8 Å². The lowest BCUT2D eigenvalue weighted by Crippen LogP contribution is -2.60. The highest BCUT2D eigenvalue weighted by molar-refractivity contribution is 6.04. The predicted molar refractivity (Wildman–Crippen MR) is 216 cm³/mol. The molecule has 0 radical (unpaired) electrons. The van der Waals surface area contributed by atoms with E-state index >= 15 is 8.78 Å². The summed E-state index contributed by atoms with van der Waals surface area (Å²) < 4.78 is 70.9. The first-order chi connectivity index (χ1) is 28.9. The van der Waals surface area contributed by atoms with E-state index in [4.69, 9.17) is 39.7 Å². The summed E-state index contributed by atoms with van der Waals surface area (Å²) in [5, 5.41) is 1.14. The van der Waals surface area contributed by atoms with Crippen molar-refractivity contribution < 1.29 is 36.3 Å². The first-order valence-electron chi connectivity index (χ1n) is 20.9. The van der Waals surface area contributed by atoms with Crippen LogP contribution in [0, 0.1) is 36.8 Å². The van der Waals surface area contributed by atoms with Crippen LogP contribution in [0.1, 0.15) is 81.6 Å². The van der Waals surface area contributed by atoms with Gasteiger partial charge in [0.05, 0.1) is 34.6 Å². The quantitative estimate of drug-likeness (QED) is 0.0906. The fourth-order valence-corrected chi connectivity index (χ4v) is 10.7. The molecule has 0 amide bonds. The first kappa shape index (κ1) is 38.7. The van der Waals surface area contributed by atoms with Gasteiger partial charge in [-0.15, -0.1) is 6.42 Å². The Morgan fingerprint density at radius 2 is 1.92 bits per heavy atom. The molecule has 0 saturated carbocycles. The normalized spacial score (nSPS) is 25.1. The molecule has 15 heteroatoms. The number of alkyl halides is 1. The molecule has 0 unspecified atom stereocenters. The van der Waals surface area contributed by atoms with E-state index < -0.39 is 41.1 Å². The Hall–Kier alpha value is -5.46. The smallest absolute Gasteiger partial charge is 0.461 e. The molecule has 0 spiro atoms. The molecule has 5 aliphatic rings. The lowest BCUT2D eigenvalue weighted by atomic mass is 9.92. The van der Waals surface area contributed by atoms with Gasteiger partial charge in [-0.2, -0.15) is 9.97 Å². The summed E-state index contributed by atoms with van der Waals surface area (Å²) in [7, 11) is 0. The van der Waals surface area contributed by atoms with E-state index in [1.54, 1.807) is 26.8 Å². The Bertz CT molecular complexity index is 2680. The molecular weight excluding hydrogens is 778 g/mol. The van der Waals surface area contributed by atoms with Gasteiger partial charge in [0.25, 0.3) is 0 Å². The Morgan fingerprint density at radius 3 is 2.70 bits per heavy atom. The third kappa shape index (κ3) is 6.33. The van der Waals surface area contributed by atoms with Gasteiger partial charge in [0, 0.05) is 48.6 Å².